The second kappa shape index (κ2) is 8.72. The van der Waals surface area contributed by atoms with Crippen LogP contribution in [-0.4, -0.2) is 28.0 Å². The summed E-state index contributed by atoms with van der Waals surface area (Å²) in [5, 5.41) is 18.1. The molecule has 0 radical (unpaired) electrons. The van der Waals surface area contributed by atoms with E-state index >= 15 is 0 Å². The fourth-order valence-corrected chi connectivity index (χ4v) is 3.77. The zero-order valence-electron chi connectivity index (χ0n) is 16.2. The van der Waals surface area contributed by atoms with Crippen LogP contribution in [0.2, 0.25) is 0 Å². The Balaban J connectivity index is 1.56. The molecule has 0 spiro atoms. The zero-order chi connectivity index (χ0) is 20.3. The first-order chi connectivity index (χ1) is 13.3. The number of nitro groups is 1. The number of hydrogen-bond donors (Lipinski definition) is 4. The molecule has 0 bridgehead atoms. The average molecular weight is 406 g/mol. The van der Waals surface area contributed by atoms with Gasteiger partial charge in [-0.1, -0.05) is 26.7 Å². The molecule has 0 unspecified atom stereocenters. The molecule has 0 aliphatic heterocycles. The van der Waals surface area contributed by atoms with Gasteiger partial charge in [0.25, 0.3) is 11.6 Å². The molecule has 0 aromatic heterocycles. The Bertz CT molecular complexity index is 768. The Morgan fingerprint density at radius 2 is 1.93 bits per heavy atom. The minimum Gasteiger partial charge on any atom is -0.377 e. The molecular weight excluding hydrogens is 378 g/mol. The summed E-state index contributed by atoms with van der Waals surface area (Å²) in [5.41, 5.74) is 5.75. The topological polar surface area (TPSA) is 108 Å². The fraction of sp³-hybridized carbons (Fsp3) is 0.579. The van der Waals surface area contributed by atoms with Crippen LogP contribution in [0.1, 0.15) is 56.3 Å². The Kier molecular flexibility index (Phi) is 6.33. The van der Waals surface area contributed by atoms with E-state index in [2.05, 4.69) is 35.3 Å². The maximum Gasteiger partial charge on any atom is 0.293 e. The molecular formula is C19H27N5O3S. The Labute approximate surface area is 170 Å². The van der Waals surface area contributed by atoms with Crippen molar-refractivity contribution in [3.63, 3.8) is 0 Å². The summed E-state index contributed by atoms with van der Waals surface area (Å²) in [6, 6.07) is 4.98. The van der Waals surface area contributed by atoms with Crippen LogP contribution < -0.4 is 21.5 Å². The molecule has 2 fully saturated rings. The van der Waals surface area contributed by atoms with Crippen LogP contribution in [0.4, 0.5) is 11.4 Å². The number of amides is 1. The lowest BCUT2D eigenvalue weighted by Gasteiger charge is -2.35. The van der Waals surface area contributed by atoms with Crippen LogP contribution in [0, 0.1) is 22.0 Å². The highest BCUT2D eigenvalue weighted by Gasteiger charge is 2.28. The number of anilines is 1. The normalized spacial score (nSPS) is 24.1. The molecule has 28 heavy (non-hydrogen) atoms. The molecule has 4 N–H and O–H groups in total. The van der Waals surface area contributed by atoms with E-state index in [9.17, 15) is 14.9 Å². The number of thiocarbonyl (C=S) groups is 1. The molecule has 152 valence electrons. The number of carbonyl (C=O) groups excluding carboxylic acids is 1. The molecule has 2 saturated carbocycles. The van der Waals surface area contributed by atoms with Gasteiger partial charge in [0.2, 0.25) is 0 Å². The minimum atomic E-state index is -0.479. The van der Waals surface area contributed by atoms with Crippen LogP contribution >= 0.6 is 12.2 Å². The van der Waals surface area contributed by atoms with Crippen molar-refractivity contribution in [2.45, 2.75) is 58.0 Å². The standard InChI is InChI=1S/C19H27N5O3S/c1-11-4-3-5-15(12(11)2)21-19(28)23-22-18(25)13-6-9-16(20-14-7-8-14)17(10-13)24(26)27/h6,9-12,14-15,20H,3-5,7-8H2,1-2H3,(H,22,25)(H2,21,23,28)/t11-,12+,15+/m0/s1. The number of nitrogens with zero attached hydrogens (tertiary/aromatic N) is 1. The summed E-state index contributed by atoms with van der Waals surface area (Å²) < 4.78 is 0. The second-order valence-corrected chi connectivity index (χ2v) is 8.24. The number of hydrazine groups is 1. The van der Waals surface area contributed by atoms with Gasteiger partial charge in [-0.3, -0.25) is 25.8 Å². The summed E-state index contributed by atoms with van der Waals surface area (Å²) in [5.74, 6) is 0.653. The molecule has 9 heteroatoms. The van der Waals surface area contributed by atoms with Gasteiger partial charge in [0, 0.05) is 23.7 Å². The third-order valence-electron chi connectivity index (χ3n) is 5.71. The van der Waals surface area contributed by atoms with Crippen LogP contribution in [-0.2, 0) is 0 Å². The predicted molar refractivity (Wildman–Crippen MR) is 112 cm³/mol. The number of rotatable bonds is 5. The summed E-state index contributed by atoms with van der Waals surface area (Å²) in [4.78, 5) is 23.2. The van der Waals surface area contributed by atoms with E-state index in [4.69, 9.17) is 12.2 Å². The van der Waals surface area contributed by atoms with Gasteiger partial charge in [-0.15, -0.1) is 0 Å². The van der Waals surface area contributed by atoms with Crippen molar-refractivity contribution in [1.82, 2.24) is 16.2 Å². The van der Waals surface area contributed by atoms with E-state index in [0.717, 1.165) is 25.7 Å². The number of nitro benzene ring substituents is 1. The first kappa shape index (κ1) is 20.3. The minimum absolute atomic E-state index is 0.106. The van der Waals surface area contributed by atoms with E-state index in [0.29, 0.717) is 22.6 Å². The molecule has 3 rings (SSSR count). The molecule has 2 aliphatic carbocycles. The third-order valence-corrected chi connectivity index (χ3v) is 5.93. The van der Waals surface area contributed by atoms with Crippen LogP contribution in [0.5, 0.6) is 0 Å². The van der Waals surface area contributed by atoms with Crippen molar-refractivity contribution in [1.29, 1.82) is 0 Å². The van der Waals surface area contributed by atoms with Crippen molar-refractivity contribution < 1.29 is 9.72 Å². The largest absolute Gasteiger partial charge is 0.377 e. The number of benzene rings is 1. The van der Waals surface area contributed by atoms with Crippen LogP contribution in [0.25, 0.3) is 0 Å². The molecule has 0 heterocycles. The first-order valence-electron chi connectivity index (χ1n) is 9.77. The molecule has 1 aromatic carbocycles. The SMILES string of the molecule is C[C@@H]1[C@@H](C)CCC[C@H]1NC(=S)NNC(=O)c1ccc(NC2CC2)c([N+](=O)[O-])c1. The van der Waals surface area contributed by atoms with Gasteiger partial charge in [-0.25, -0.2) is 0 Å². The third kappa shape index (κ3) is 5.09. The molecule has 0 saturated heterocycles. The summed E-state index contributed by atoms with van der Waals surface area (Å²) in [6.45, 7) is 4.45. The lowest BCUT2D eigenvalue weighted by molar-refractivity contribution is -0.384. The van der Waals surface area contributed by atoms with Gasteiger partial charge < -0.3 is 10.6 Å². The van der Waals surface area contributed by atoms with Crippen molar-refractivity contribution >= 4 is 34.6 Å². The highest BCUT2D eigenvalue weighted by Crippen LogP contribution is 2.31. The van der Waals surface area contributed by atoms with Gasteiger partial charge in [0.05, 0.1) is 4.92 Å². The quantitative estimate of drug-likeness (QED) is 0.339. The number of carbonyl (C=O) groups is 1. The maximum absolute atomic E-state index is 12.4. The summed E-state index contributed by atoms with van der Waals surface area (Å²) >= 11 is 5.28. The van der Waals surface area contributed by atoms with Gasteiger partial charge >= 0.3 is 0 Å². The molecule has 8 nitrogen and oxygen atoms in total. The molecule has 2 aliphatic rings. The van der Waals surface area contributed by atoms with E-state index in [-0.39, 0.29) is 23.3 Å². The summed E-state index contributed by atoms with van der Waals surface area (Å²) in [6.07, 6.45) is 5.44. The Morgan fingerprint density at radius 1 is 1.18 bits per heavy atom. The van der Waals surface area contributed by atoms with Gasteiger partial charge in [0.15, 0.2) is 5.11 Å². The van der Waals surface area contributed by atoms with E-state index in [1.807, 2.05) is 0 Å². The zero-order valence-corrected chi connectivity index (χ0v) is 17.0. The molecule has 1 amide bonds. The lowest BCUT2D eigenvalue weighted by atomic mass is 9.78. The Morgan fingerprint density at radius 3 is 2.61 bits per heavy atom. The van der Waals surface area contributed by atoms with E-state index in [1.165, 1.54) is 12.5 Å². The maximum atomic E-state index is 12.4. The highest BCUT2D eigenvalue weighted by atomic mass is 32.1. The monoisotopic (exact) mass is 405 g/mol. The lowest BCUT2D eigenvalue weighted by Crippen LogP contribution is -2.52. The van der Waals surface area contributed by atoms with Crippen molar-refractivity contribution in [2.75, 3.05) is 5.32 Å². The predicted octanol–water partition coefficient (Wildman–Crippen LogP) is 3.10. The van der Waals surface area contributed by atoms with Crippen molar-refractivity contribution in [3.8, 4) is 0 Å². The number of nitrogens with one attached hydrogen (secondary N) is 4. The summed E-state index contributed by atoms with van der Waals surface area (Å²) in [7, 11) is 0. The van der Waals surface area contributed by atoms with Gasteiger partial charge in [-0.2, -0.15) is 0 Å². The molecule has 3 atom stereocenters. The fourth-order valence-electron chi connectivity index (χ4n) is 3.57. The van der Waals surface area contributed by atoms with E-state index < -0.39 is 10.8 Å². The highest BCUT2D eigenvalue weighted by molar-refractivity contribution is 7.80. The average Bonchev–Trinajstić information content (AvgIpc) is 3.47. The first-order valence-corrected chi connectivity index (χ1v) is 10.2. The molecule has 1 aromatic rings. The van der Waals surface area contributed by atoms with Crippen molar-refractivity contribution in [2.24, 2.45) is 11.8 Å². The van der Waals surface area contributed by atoms with Gasteiger partial charge in [0.1, 0.15) is 5.69 Å². The van der Waals surface area contributed by atoms with Gasteiger partial charge in [-0.05, 0) is 55.4 Å². The van der Waals surface area contributed by atoms with Crippen LogP contribution in [0.15, 0.2) is 18.2 Å². The smallest absolute Gasteiger partial charge is 0.293 e. The van der Waals surface area contributed by atoms with Crippen LogP contribution in [0.3, 0.4) is 0 Å². The number of hydrogen-bond acceptors (Lipinski definition) is 5. The van der Waals surface area contributed by atoms with E-state index in [1.54, 1.807) is 12.1 Å². The Hall–Kier alpha value is -2.42. The van der Waals surface area contributed by atoms with Crippen molar-refractivity contribution in [3.05, 3.63) is 33.9 Å². The second-order valence-electron chi connectivity index (χ2n) is 7.83.